The number of ether oxygens (including phenoxy) is 1. The minimum atomic E-state index is -1.08. The second-order valence-electron chi connectivity index (χ2n) is 3.22. The maximum atomic E-state index is 10.8. The number of methoxy groups -OCH3 is 1. The van der Waals surface area contributed by atoms with Crippen molar-refractivity contribution in [3.63, 3.8) is 0 Å². The van der Waals surface area contributed by atoms with Crippen molar-refractivity contribution in [2.24, 2.45) is 0 Å². The second-order valence-corrected chi connectivity index (χ2v) is 3.22. The van der Waals surface area contributed by atoms with Crippen LogP contribution in [0.15, 0.2) is 6.20 Å². The lowest BCUT2D eigenvalue weighted by molar-refractivity contribution is 0.0686. The Bertz CT molecular complexity index is 374. The Morgan fingerprint density at radius 2 is 2.36 bits per heavy atom. The number of nitrogens with zero attached hydrogens (tertiary/aromatic N) is 2. The summed E-state index contributed by atoms with van der Waals surface area (Å²) in [6, 6.07) is 0. The standard InChI is InChI=1S/C9H10N2O3/c1-14-6-4-10-8(5-2-3-5)11-7(6)9(12)13/h4-5H,2-3H2,1H3,(H,12,13). The highest BCUT2D eigenvalue weighted by Crippen LogP contribution is 2.38. The van der Waals surface area contributed by atoms with Crippen molar-refractivity contribution >= 4 is 5.97 Å². The van der Waals surface area contributed by atoms with Gasteiger partial charge in [0.05, 0.1) is 13.3 Å². The largest absolute Gasteiger partial charge is 0.493 e. The average molecular weight is 194 g/mol. The van der Waals surface area contributed by atoms with Crippen LogP contribution in [0.2, 0.25) is 0 Å². The van der Waals surface area contributed by atoms with Gasteiger partial charge in [-0.15, -0.1) is 0 Å². The lowest BCUT2D eigenvalue weighted by Gasteiger charge is -2.04. The summed E-state index contributed by atoms with van der Waals surface area (Å²) >= 11 is 0. The molecule has 0 spiro atoms. The topological polar surface area (TPSA) is 72.3 Å². The summed E-state index contributed by atoms with van der Waals surface area (Å²) in [5.74, 6) is 0.0928. The molecule has 1 heterocycles. The van der Waals surface area contributed by atoms with Crippen molar-refractivity contribution in [1.29, 1.82) is 0 Å². The maximum Gasteiger partial charge on any atom is 0.358 e. The number of hydrogen-bond donors (Lipinski definition) is 1. The Morgan fingerprint density at radius 1 is 1.64 bits per heavy atom. The van der Waals surface area contributed by atoms with Crippen LogP contribution < -0.4 is 4.74 Å². The molecule has 1 N–H and O–H groups in total. The molecular formula is C9H10N2O3. The van der Waals surface area contributed by atoms with E-state index in [4.69, 9.17) is 9.84 Å². The fraction of sp³-hybridized carbons (Fsp3) is 0.444. The lowest BCUT2D eigenvalue weighted by atomic mass is 10.3. The number of rotatable bonds is 3. The molecule has 0 saturated heterocycles. The second kappa shape index (κ2) is 3.25. The molecule has 1 fully saturated rings. The normalized spacial score (nSPS) is 15.2. The summed E-state index contributed by atoms with van der Waals surface area (Å²) < 4.78 is 4.86. The van der Waals surface area contributed by atoms with E-state index in [9.17, 15) is 4.79 Å². The number of aromatic carboxylic acids is 1. The Kier molecular flexibility index (Phi) is 2.07. The van der Waals surface area contributed by atoms with Gasteiger partial charge in [0.15, 0.2) is 11.4 Å². The highest BCUT2D eigenvalue weighted by Gasteiger charge is 2.28. The van der Waals surface area contributed by atoms with E-state index in [-0.39, 0.29) is 11.4 Å². The molecule has 0 unspecified atom stereocenters. The Morgan fingerprint density at radius 3 is 2.86 bits per heavy atom. The van der Waals surface area contributed by atoms with Crippen molar-refractivity contribution in [3.05, 3.63) is 17.7 Å². The van der Waals surface area contributed by atoms with Crippen LogP contribution in [0, 0.1) is 0 Å². The molecule has 1 aromatic rings. The molecule has 0 bridgehead atoms. The molecule has 1 saturated carbocycles. The van der Waals surface area contributed by atoms with E-state index in [1.165, 1.54) is 13.3 Å². The zero-order valence-corrected chi connectivity index (χ0v) is 7.73. The molecule has 0 aromatic carbocycles. The third-order valence-corrected chi connectivity index (χ3v) is 2.14. The molecule has 0 radical (unpaired) electrons. The van der Waals surface area contributed by atoms with Crippen molar-refractivity contribution in [3.8, 4) is 5.75 Å². The Labute approximate surface area is 80.8 Å². The smallest absolute Gasteiger partial charge is 0.358 e. The zero-order chi connectivity index (χ0) is 10.1. The fourth-order valence-corrected chi connectivity index (χ4v) is 1.23. The van der Waals surface area contributed by atoms with E-state index < -0.39 is 5.97 Å². The summed E-state index contributed by atoms with van der Waals surface area (Å²) in [7, 11) is 1.40. The maximum absolute atomic E-state index is 10.8. The van der Waals surface area contributed by atoms with Crippen molar-refractivity contribution in [2.75, 3.05) is 7.11 Å². The van der Waals surface area contributed by atoms with Crippen LogP contribution in [0.1, 0.15) is 35.1 Å². The molecule has 2 rings (SSSR count). The number of aromatic nitrogens is 2. The Hall–Kier alpha value is -1.65. The van der Waals surface area contributed by atoms with Crippen molar-refractivity contribution in [2.45, 2.75) is 18.8 Å². The van der Waals surface area contributed by atoms with Crippen LogP contribution in [0.25, 0.3) is 0 Å². The zero-order valence-electron chi connectivity index (χ0n) is 7.73. The van der Waals surface area contributed by atoms with E-state index in [1.807, 2.05) is 0 Å². The molecule has 1 aromatic heterocycles. The minimum Gasteiger partial charge on any atom is -0.493 e. The molecule has 0 aliphatic heterocycles. The molecule has 14 heavy (non-hydrogen) atoms. The van der Waals surface area contributed by atoms with E-state index in [0.29, 0.717) is 11.7 Å². The van der Waals surface area contributed by atoms with Gasteiger partial charge in [-0.3, -0.25) is 0 Å². The van der Waals surface area contributed by atoms with E-state index in [0.717, 1.165) is 12.8 Å². The van der Waals surface area contributed by atoms with Gasteiger partial charge in [-0.25, -0.2) is 14.8 Å². The molecule has 0 amide bonds. The minimum absolute atomic E-state index is 0.0515. The fourth-order valence-electron chi connectivity index (χ4n) is 1.23. The molecular weight excluding hydrogens is 184 g/mol. The summed E-state index contributed by atoms with van der Waals surface area (Å²) in [4.78, 5) is 18.8. The molecule has 74 valence electrons. The average Bonchev–Trinajstić information content (AvgIpc) is 3.00. The first-order valence-corrected chi connectivity index (χ1v) is 4.36. The number of carbonyl (C=O) groups is 1. The third-order valence-electron chi connectivity index (χ3n) is 2.14. The molecule has 1 aliphatic carbocycles. The van der Waals surface area contributed by atoms with Gasteiger partial charge in [0.2, 0.25) is 0 Å². The van der Waals surface area contributed by atoms with Gasteiger partial charge in [-0.2, -0.15) is 0 Å². The monoisotopic (exact) mass is 194 g/mol. The van der Waals surface area contributed by atoms with E-state index in [2.05, 4.69) is 9.97 Å². The van der Waals surface area contributed by atoms with E-state index in [1.54, 1.807) is 0 Å². The third kappa shape index (κ3) is 1.53. The van der Waals surface area contributed by atoms with Crippen LogP contribution in [0.3, 0.4) is 0 Å². The Balaban J connectivity index is 2.40. The SMILES string of the molecule is COc1cnc(C2CC2)nc1C(=O)O. The molecule has 1 aliphatic rings. The summed E-state index contributed by atoms with van der Waals surface area (Å²) in [6.07, 6.45) is 3.51. The van der Waals surface area contributed by atoms with Crippen molar-refractivity contribution in [1.82, 2.24) is 9.97 Å². The summed E-state index contributed by atoms with van der Waals surface area (Å²) in [5.41, 5.74) is -0.0515. The number of carboxylic acid groups (broad SMARTS) is 1. The van der Waals surface area contributed by atoms with Gasteiger partial charge >= 0.3 is 5.97 Å². The van der Waals surface area contributed by atoms with Crippen LogP contribution >= 0.6 is 0 Å². The highest BCUT2D eigenvalue weighted by molar-refractivity contribution is 5.88. The van der Waals surface area contributed by atoms with E-state index >= 15 is 0 Å². The van der Waals surface area contributed by atoms with Crippen LogP contribution in [-0.2, 0) is 0 Å². The summed E-state index contributed by atoms with van der Waals surface area (Å²) in [5, 5.41) is 8.85. The quantitative estimate of drug-likeness (QED) is 0.778. The van der Waals surface area contributed by atoms with Crippen molar-refractivity contribution < 1.29 is 14.6 Å². The number of carboxylic acids is 1. The predicted octanol–water partition coefficient (Wildman–Crippen LogP) is 1.06. The van der Waals surface area contributed by atoms with Gasteiger partial charge in [0, 0.05) is 5.92 Å². The van der Waals surface area contributed by atoms with Crippen LogP contribution in [0.5, 0.6) is 5.75 Å². The summed E-state index contributed by atoms with van der Waals surface area (Å²) in [6.45, 7) is 0. The van der Waals surface area contributed by atoms with Gasteiger partial charge in [-0.1, -0.05) is 0 Å². The molecule has 5 nitrogen and oxygen atoms in total. The molecule has 5 heteroatoms. The van der Waals surface area contributed by atoms with Gasteiger partial charge in [0.1, 0.15) is 5.82 Å². The van der Waals surface area contributed by atoms with Gasteiger partial charge in [0.25, 0.3) is 0 Å². The van der Waals surface area contributed by atoms with Crippen LogP contribution in [-0.4, -0.2) is 28.2 Å². The van der Waals surface area contributed by atoms with Crippen LogP contribution in [0.4, 0.5) is 0 Å². The highest BCUT2D eigenvalue weighted by atomic mass is 16.5. The van der Waals surface area contributed by atoms with Gasteiger partial charge in [-0.05, 0) is 12.8 Å². The predicted molar refractivity (Wildman–Crippen MR) is 47.5 cm³/mol. The first-order valence-electron chi connectivity index (χ1n) is 4.36. The van der Waals surface area contributed by atoms with Gasteiger partial charge < -0.3 is 9.84 Å². The molecule has 0 atom stereocenters. The first kappa shape index (κ1) is 8.93. The number of hydrogen-bond acceptors (Lipinski definition) is 4. The first-order chi connectivity index (χ1) is 6.72. The lowest BCUT2D eigenvalue weighted by Crippen LogP contribution is -2.07.